The van der Waals surface area contributed by atoms with Gasteiger partial charge in [-0.25, -0.2) is 9.97 Å². The van der Waals surface area contributed by atoms with Crippen molar-refractivity contribution in [3.05, 3.63) is 30.5 Å². The molecule has 0 amide bonds. The van der Waals surface area contributed by atoms with Gasteiger partial charge in [0.05, 0.1) is 11.2 Å². The third-order valence-corrected chi connectivity index (χ3v) is 3.83. The van der Waals surface area contributed by atoms with Crippen molar-refractivity contribution in [1.29, 1.82) is 0 Å². The summed E-state index contributed by atoms with van der Waals surface area (Å²) in [5, 5.41) is 4.61. The summed E-state index contributed by atoms with van der Waals surface area (Å²) in [6.45, 7) is 0.758. The quantitative estimate of drug-likeness (QED) is 0.868. The minimum Gasteiger partial charge on any atom is -0.328 e. The number of pyridine rings is 1. The standard InChI is InChI=1S/C14H19N5/c15-11-1-3-12(4-2-11)18-8-13-14-10(5-6-17-13)7-16-9-19-14/h5-7,9,11-12,18H,1-4,8,15H2/t11-,12-. The van der Waals surface area contributed by atoms with Crippen LogP contribution >= 0.6 is 0 Å². The van der Waals surface area contributed by atoms with Gasteiger partial charge in [-0.3, -0.25) is 4.98 Å². The van der Waals surface area contributed by atoms with Crippen molar-refractivity contribution >= 4 is 10.9 Å². The number of nitrogens with one attached hydrogen (secondary N) is 1. The predicted molar refractivity (Wildman–Crippen MR) is 74.4 cm³/mol. The van der Waals surface area contributed by atoms with Crippen molar-refractivity contribution in [2.45, 2.75) is 44.3 Å². The summed E-state index contributed by atoms with van der Waals surface area (Å²) in [5.41, 5.74) is 7.86. The fourth-order valence-corrected chi connectivity index (χ4v) is 2.67. The normalized spacial score (nSPS) is 23.6. The lowest BCUT2D eigenvalue weighted by molar-refractivity contribution is 0.341. The zero-order valence-electron chi connectivity index (χ0n) is 10.9. The van der Waals surface area contributed by atoms with E-state index < -0.39 is 0 Å². The molecule has 0 bridgehead atoms. The minimum atomic E-state index is 0.390. The SMILES string of the molecule is N[C@H]1CC[C@H](NCc2nccc3cncnc23)CC1. The lowest BCUT2D eigenvalue weighted by atomic mass is 9.92. The van der Waals surface area contributed by atoms with Crippen LogP contribution in [0.15, 0.2) is 24.8 Å². The van der Waals surface area contributed by atoms with E-state index in [4.69, 9.17) is 5.73 Å². The van der Waals surface area contributed by atoms with E-state index in [9.17, 15) is 0 Å². The van der Waals surface area contributed by atoms with Crippen LogP contribution in [0.2, 0.25) is 0 Å². The molecule has 0 aliphatic heterocycles. The molecule has 1 aliphatic carbocycles. The van der Waals surface area contributed by atoms with Crippen molar-refractivity contribution in [3.8, 4) is 0 Å². The zero-order chi connectivity index (χ0) is 13.1. The van der Waals surface area contributed by atoms with E-state index in [-0.39, 0.29) is 0 Å². The maximum atomic E-state index is 5.92. The Kier molecular flexibility index (Phi) is 3.66. The number of rotatable bonds is 3. The Bertz CT molecular complexity index is 543. The highest BCUT2D eigenvalue weighted by Crippen LogP contribution is 2.18. The monoisotopic (exact) mass is 257 g/mol. The van der Waals surface area contributed by atoms with Gasteiger partial charge in [0, 0.05) is 36.4 Å². The number of hydrogen-bond acceptors (Lipinski definition) is 5. The Labute approximate surface area is 112 Å². The first-order valence-electron chi connectivity index (χ1n) is 6.85. The van der Waals surface area contributed by atoms with Gasteiger partial charge in [-0.05, 0) is 31.7 Å². The Morgan fingerprint density at radius 2 is 2.05 bits per heavy atom. The van der Waals surface area contributed by atoms with Gasteiger partial charge in [0.25, 0.3) is 0 Å². The van der Waals surface area contributed by atoms with Crippen LogP contribution in [0.5, 0.6) is 0 Å². The molecule has 2 heterocycles. The second-order valence-corrected chi connectivity index (χ2v) is 5.21. The average Bonchev–Trinajstić information content (AvgIpc) is 2.47. The summed E-state index contributed by atoms with van der Waals surface area (Å²) < 4.78 is 0. The average molecular weight is 257 g/mol. The fraction of sp³-hybridized carbons (Fsp3) is 0.500. The predicted octanol–water partition coefficient (Wildman–Crippen LogP) is 1.38. The van der Waals surface area contributed by atoms with E-state index in [1.165, 1.54) is 0 Å². The molecule has 0 saturated heterocycles. The molecule has 0 spiro atoms. The molecule has 0 unspecified atom stereocenters. The van der Waals surface area contributed by atoms with Crippen molar-refractivity contribution in [2.75, 3.05) is 0 Å². The molecule has 19 heavy (non-hydrogen) atoms. The highest BCUT2D eigenvalue weighted by atomic mass is 14.9. The second-order valence-electron chi connectivity index (χ2n) is 5.21. The maximum absolute atomic E-state index is 5.92. The molecule has 1 aliphatic rings. The maximum Gasteiger partial charge on any atom is 0.116 e. The van der Waals surface area contributed by atoms with Crippen LogP contribution in [0.1, 0.15) is 31.4 Å². The van der Waals surface area contributed by atoms with Gasteiger partial charge in [-0.15, -0.1) is 0 Å². The Morgan fingerprint density at radius 1 is 1.21 bits per heavy atom. The van der Waals surface area contributed by atoms with Crippen molar-refractivity contribution in [3.63, 3.8) is 0 Å². The van der Waals surface area contributed by atoms with Crippen LogP contribution in [0.4, 0.5) is 0 Å². The van der Waals surface area contributed by atoms with Crippen LogP contribution in [0.25, 0.3) is 10.9 Å². The van der Waals surface area contributed by atoms with Crippen LogP contribution < -0.4 is 11.1 Å². The molecule has 0 aromatic carbocycles. The van der Waals surface area contributed by atoms with Crippen LogP contribution in [-0.4, -0.2) is 27.0 Å². The van der Waals surface area contributed by atoms with Gasteiger partial charge < -0.3 is 11.1 Å². The second kappa shape index (κ2) is 5.59. The van der Waals surface area contributed by atoms with E-state index in [0.717, 1.165) is 48.8 Å². The van der Waals surface area contributed by atoms with Crippen molar-refractivity contribution in [2.24, 2.45) is 5.73 Å². The molecule has 3 rings (SSSR count). The van der Waals surface area contributed by atoms with Crippen molar-refractivity contribution < 1.29 is 0 Å². The molecule has 100 valence electrons. The minimum absolute atomic E-state index is 0.390. The molecule has 5 nitrogen and oxygen atoms in total. The topological polar surface area (TPSA) is 76.7 Å². The molecule has 1 saturated carbocycles. The first-order chi connectivity index (χ1) is 9.33. The van der Waals surface area contributed by atoms with Crippen LogP contribution in [-0.2, 0) is 6.54 Å². The third-order valence-electron chi connectivity index (χ3n) is 3.83. The van der Waals surface area contributed by atoms with E-state index >= 15 is 0 Å². The van der Waals surface area contributed by atoms with Crippen molar-refractivity contribution in [1.82, 2.24) is 20.3 Å². The van der Waals surface area contributed by atoms with E-state index in [0.29, 0.717) is 12.1 Å². The van der Waals surface area contributed by atoms with Gasteiger partial charge in [-0.2, -0.15) is 0 Å². The molecule has 0 radical (unpaired) electrons. The molecule has 1 fully saturated rings. The number of hydrogen-bond donors (Lipinski definition) is 2. The summed E-state index contributed by atoms with van der Waals surface area (Å²) in [4.78, 5) is 12.8. The summed E-state index contributed by atoms with van der Waals surface area (Å²) >= 11 is 0. The van der Waals surface area contributed by atoms with E-state index in [1.807, 2.05) is 18.5 Å². The molecule has 2 aromatic rings. The highest BCUT2D eigenvalue weighted by molar-refractivity contribution is 5.78. The highest BCUT2D eigenvalue weighted by Gasteiger charge is 2.18. The smallest absolute Gasteiger partial charge is 0.116 e. The Morgan fingerprint density at radius 3 is 2.89 bits per heavy atom. The molecule has 5 heteroatoms. The lowest BCUT2D eigenvalue weighted by Crippen LogP contribution is -2.37. The van der Waals surface area contributed by atoms with Gasteiger partial charge in [0.15, 0.2) is 0 Å². The molecule has 0 atom stereocenters. The van der Waals surface area contributed by atoms with Gasteiger partial charge in [-0.1, -0.05) is 0 Å². The van der Waals surface area contributed by atoms with Crippen LogP contribution in [0, 0.1) is 0 Å². The molecular formula is C14H19N5. The summed E-state index contributed by atoms with van der Waals surface area (Å²) in [7, 11) is 0. The first kappa shape index (κ1) is 12.4. The van der Waals surface area contributed by atoms with E-state index in [2.05, 4.69) is 20.3 Å². The molecule has 2 aromatic heterocycles. The molecule has 3 N–H and O–H groups in total. The number of fused-ring (bicyclic) bond motifs is 1. The number of nitrogens with two attached hydrogens (primary N) is 1. The number of nitrogens with zero attached hydrogens (tertiary/aromatic N) is 3. The van der Waals surface area contributed by atoms with E-state index in [1.54, 1.807) is 6.33 Å². The van der Waals surface area contributed by atoms with Gasteiger partial charge >= 0.3 is 0 Å². The van der Waals surface area contributed by atoms with Gasteiger partial charge in [0.2, 0.25) is 0 Å². The molecular weight excluding hydrogens is 238 g/mol. The summed E-state index contributed by atoms with van der Waals surface area (Å²) in [5.74, 6) is 0. The van der Waals surface area contributed by atoms with Crippen LogP contribution in [0.3, 0.4) is 0 Å². The third kappa shape index (κ3) is 2.88. The lowest BCUT2D eigenvalue weighted by Gasteiger charge is -2.26. The summed E-state index contributed by atoms with van der Waals surface area (Å²) in [6, 6.07) is 2.89. The number of aromatic nitrogens is 3. The Balaban J connectivity index is 1.68. The largest absolute Gasteiger partial charge is 0.328 e. The summed E-state index contributed by atoms with van der Waals surface area (Å²) in [6.07, 6.45) is 9.76. The fourth-order valence-electron chi connectivity index (χ4n) is 2.67. The zero-order valence-corrected chi connectivity index (χ0v) is 10.9. The van der Waals surface area contributed by atoms with Gasteiger partial charge in [0.1, 0.15) is 6.33 Å². The first-order valence-corrected chi connectivity index (χ1v) is 6.85. The Hall–Kier alpha value is -1.59.